The second-order valence-corrected chi connectivity index (χ2v) is 7.64. The first-order chi connectivity index (χ1) is 12.3. The Morgan fingerprint density at radius 3 is 1.88 bits per heavy atom. The average Bonchev–Trinajstić information content (AvgIpc) is 2.56. The van der Waals surface area contributed by atoms with Crippen LogP contribution in [-0.2, 0) is 9.59 Å². The molecule has 4 nitrogen and oxygen atoms in total. The first-order valence-electron chi connectivity index (χ1n) is 10.1. The monoisotopic (exact) mass is 366 g/mol. The van der Waals surface area contributed by atoms with Crippen LogP contribution >= 0.6 is 0 Å². The summed E-state index contributed by atoms with van der Waals surface area (Å²) in [6, 6.07) is 0. The Bertz CT molecular complexity index is 428. The van der Waals surface area contributed by atoms with E-state index in [-0.39, 0.29) is 12.8 Å². The van der Waals surface area contributed by atoms with Gasteiger partial charge in [-0.15, -0.1) is 6.58 Å². The third-order valence-corrected chi connectivity index (χ3v) is 4.97. The summed E-state index contributed by atoms with van der Waals surface area (Å²) in [4.78, 5) is 21.0. The molecule has 0 bridgehead atoms. The van der Waals surface area contributed by atoms with Gasteiger partial charge in [-0.25, -0.2) is 0 Å². The number of hydrogen-bond acceptors (Lipinski definition) is 2. The zero-order chi connectivity index (χ0) is 19.8. The Morgan fingerprint density at radius 2 is 1.38 bits per heavy atom. The molecule has 0 aliphatic carbocycles. The molecule has 0 amide bonds. The van der Waals surface area contributed by atoms with Gasteiger partial charge in [0.25, 0.3) is 0 Å². The molecule has 0 spiro atoms. The van der Waals surface area contributed by atoms with E-state index in [1.807, 2.05) is 6.08 Å². The van der Waals surface area contributed by atoms with Crippen LogP contribution in [-0.4, -0.2) is 22.2 Å². The number of allylic oxidation sites excluding steroid dienone is 3. The van der Waals surface area contributed by atoms with Crippen molar-refractivity contribution < 1.29 is 19.8 Å². The second kappa shape index (κ2) is 15.7. The lowest BCUT2D eigenvalue weighted by Gasteiger charge is -2.14. The first-order valence-corrected chi connectivity index (χ1v) is 10.1. The third-order valence-electron chi connectivity index (χ3n) is 4.97. The van der Waals surface area contributed by atoms with Gasteiger partial charge in [-0.1, -0.05) is 51.3 Å². The molecular weight excluding hydrogens is 328 g/mol. The van der Waals surface area contributed by atoms with E-state index in [2.05, 4.69) is 32.6 Å². The van der Waals surface area contributed by atoms with Crippen molar-refractivity contribution in [1.29, 1.82) is 0 Å². The minimum absolute atomic E-state index is 0.271. The fraction of sp³-hybridized carbons (Fsp3) is 0.727. The molecule has 3 atom stereocenters. The van der Waals surface area contributed by atoms with Crippen LogP contribution in [0.2, 0.25) is 0 Å². The van der Waals surface area contributed by atoms with Crippen LogP contribution in [0.5, 0.6) is 0 Å². The maximum absolute atomic E-state index is 10.5. The van der Waals surface area contributed by atoms with Crippen LogP contribution in [0.15, 0.2) is 24.8 Å². The van der Waals surface area contributed by atoms with Crippen LogP contribution in [0, 0.1) is 17.8 Å². The van der Waals surface area contributed by atoms with E-state index in [1.165, 1.54) is 0 Å². The van der Waals surface area contributed by atoms with Crippen molar-refractivity contribution >= 4 is 11.9 Å². The van der Waals surface area contributed by atoms with E-state index in [0.29, 0.717) is 17.8 Å². The van der Waals surface area contributed by atoms with Gasteiger partial charge in [-0.2, -0.15) is 0 Å². The van der Waals surface area contributed by atoms with Crippen molar-refractivity contribution in [3.63, 3.8) is 0 Å². The molecule has 0 rings (SSSR count). The Labute approximate surface area is 159 Å². The van der Waals surface area contributed by atoms with E-state index in [9.17, 15) is 9.59 Å². The topological polar surface area (TPSA) is 74.6 Å². The maximum atomic E-state index is 10.5. The van der Waals surface area contributed by atoms with Crippen LogP contribution in [0.4, 0.5) is 0 Å². The summed E-state index contributed by atoms with van der Waals surface area (Å²) < 4.78 is 0. The highest BCUT2D eigenvalue weighted by molar-refractivity contribution is 5.66. The van der Waals surface area contributed by atoms with Gasteiger partial charge in [0, 0.05) is 12.8 Å². The summed E-state index contributed by atoms with van der Waals surface area (Å²) in [7, 11) is 0. The largest absolute Gasteiger partial charge is 0.481 e. The van der Waals surface area contributed by atoms with Crippen molar-refractivity contribution in [2.45, 2.75) is 84.5 Å². The van der Waals surface area contributed by atoms with Gasteiger partial charge in [0.05, 0.1) is 0 Å². The molecule has 0 heterocycles. The lowest BCUT2D eigenvalue weighted by atomic mass is 9.91. The number of carboxylic acids is 2. The van der Waals surface area contributed by atoms with Gasteiger partial charge in [-0.3, -0.25) is 9.59 Å². The Morgan fingerprint density at radius 1 is 0.846 bits per heavy atom. The Hall–Kier alpha value is -1.58. The van der Waals surface area contributed by atoms with Crippen molar-refractivity contribution in [2.24, 2.45) is 17.8 Å². The van der Waals surface area contributed by atoms with Gasteiger partial charge in [0.2, 0.25) is 0 Å². The van der Waals surface area contributed by atoms with E-state index in [1.54, 1.807) is 0 Å². The molecule has 0 aromatic heterocycles. The first kappa shape index (κ1) is 24.4. The zero-order valence-electron chi connectivity index (χ0n) is 16.7. The van der Waals surface area contributed by atoms with Gasteiger partial charge in [-0.05, 0) is 56.3 Å². The lowest BCUT2D eigenvalue weighted by molar-refractivity contribution is -0.138. The van der Waals surface area contributed by atoms with Gasteiger partial charge in [0.1, 0.15) is 0 Å². The molecule has 3 unspecified atom stereocenters. The van der Waals surface area contributed by atoms with Gasteiger partial charge >= 0.3 is 11.9 Å². The molecule has 0 aromatic rings. The predicted octanol–water partition coefficient (Wildman–Crippen LogP) is 6.08. The molecule has 0 radical (unpaired) electrons. The van der Waals surface area contributed by atoms with Crippen molar-refractivity contribution in [1.82, 2.24) is 0 Å². The molecule has 0 aromatic carbocycles. The van der Waals surface area contributed by atoms with Crippen LogP contribution in [0.3, 0.4) is 0 Å². The van der Waals surface area contributed by atoms with E-state index in [0.717, 1.165) is 57.8 Å². The molecular formula is C22H38O4. The molecule has 2 N–H and O–H groups in total. The number of carboxylic acid groups (broad SMARTS) is 2. The SMILES string of the molecule is C=CC(CC=CCCC(C)CCCC(=O)O)CCC(C)CCCC(=O)O. The molecule has 0 fully saturated rings. The summed E-state index contributed by atoms with van der Waals surface area (Å²) in [6.07, 6.45) is 15.9. The molecule has 26 heavy (non-hydrogen) atoms. The van der Waals surface area contributed by atoms with E-state index in [4.69, 9.17) is 10.2 Å². The lowest BCUT2D eigenvalue weighted by Crippen LogP contribution is -2.02. The van der Waals surface area contributed by atoms with Crippen LogP contribution in [0.25, 0.3) is 0 Å². The average molecular weight is 367 g/mol. The minimum atomic E-state index is -0.706. The van der Waals surface area contributed by atoms with Crippen LogP contribution < -0.4 is 0 Å². The summed E-state index contributed by atoms with van der Waals surface area (Å²) in [6.45, 7) is 8.33. The Kier molecular flexibility index (Phi) is 14.7. The smallest absolute Gasteiger partial charge is 0.303 e. The maximum Gasteiger partial charge on any atom is 0.303 e. The standard InChI is InChI=1S/C22H38O4/c1-4-20(17-16-19(3)12-9-15-22(25)26)13-7-5-6-10-18(2)11-8-14-21(23)24/h4-5,7,18-20H,1,6,8-17H2,2-3H3,(H,23,24)(H,25,26). The molecule has 4 heteroatoms. The minimum Gasteiger partial charge on any atom is -0.481 e. The molecule has 0 aliphatic rings. The normalized spacial score (nSPS) is 14.8. The number of carbonyl (C=O) groups is 2. The van der Waals surface area contributed by atoms with Crippen molar-refractivity contribution in [3.8, 4) is 0 Å². The zero-order valence-corrected chi connectivity index (χ0v) is 16.7. The summed E-state index contributed by atoms with van der Waals surface area (Å²) in [5.74, 6) is 0.209. The van der Waals surface area contributed by atoms with Crippen molar-refractivity contribution in [3.05, 3.63) is 24.8 Å². The van der Waals surface area contributed by atoms with Crippen molar-refractivity contribution in [2.75, 3.05) is 0 Å². The van der Waals surface area contributed by atoms with E-state index < -0.39 is 11.9 Å². The molecule has 0 saturated heterocycles. The highest BCUT2D eigenvalue weighted by atomic mass is 16.4. The summed E-state index contributed by atoms with van der Waals surface area (Å²) in [5, 5.41) is 17.3. The van der Waals surface area contributed by atoms with Crippen LogP contribution in [0.1, 0.15) is 84.5 Å². The number of rotatable bonds is 17. The molecule has 0 saturated carbocycles. The number of hydrogen-bond donors (Lipinski definition) is 2. The summed E-state index contributed by atoms with van der Waals surface area (Å²) in [5.41, 5.74) is 0. The fourth-order valence-corrected chi connectivity index (χ4v) is 3.09. The molecule has 150 valence electrons. The van der Waals surface area contributed by atoms with Gasteiger partial charge < -0.3 is 10.2 Å². The highest BCUT2D eigenvalue weighted by Crippen LogP contribution is 2.21. The van der Waals surface area contributed by atoms with E-state index >= 15 is 0 Å². The Balaban J connectivity index is 3.82. The predicted molar refractivity (Wildman–Crippen MR) is 107 cm³/mol. The molecule has 0 aliphatic heterocycles. The second-order valence-electron chi connectivity index (χ2n) is 7.64. The summed E-state index contributed by atoms with van der Waals surface area (Å²) >= 11 is 0. The fourth-order valence-electron chi connectivity index (χ4n) is 3.09. The quantitative estimate of drug-likeness (QED) is 0.306. The van der Waals surface area contributed by atoms with Gasteiger partial charge in [0.15, 0.2) is 0 Å². The number of aliphatic carboxylic acids is 2. The third kappa shape index (κ3) is 15.9. The highest BCUT2D eigenvalue weighted by Gasteiger charge is 2.08.